The minimum Gasteiger partial charge on any atom is -0.496 e. The molecule has 0 N–H and O–H groups in total. The lowest BCUT2D eigenvalue weighted by molar-refractivity contribution is -0.118. The number of aryl methyl sites for hydroxylation is 2. The Bertz CT molecular complexity index is 909. The molecular formula is C21H21FN2O2S. The molecule has 0 fully saturated rings. The van der Waals surface area contributed by atoms with E-state index in [2.05, 4.69) is 4.98 Å². The van der Waals surface area contributed by atoms with Crippen molar-refractivity contribution in [2.45, 2.75) is 26.3 Å². The fourth-order valence-electron chi connectivity index (χ4n) is 2.87. The molecule has 0 spiro atoms. The van der Waals surface area contributed by atoms with Crippen LogP contribution in [0.4, 0.5) is 10.1 Å². The number of hydrogen-bond acceptors (Lipinski definition) is 4. The topological polar surface area (TPSA) is 42.4 Å². The second-order valence-electron chi connectivity index (χ2n) is 6.13. The first-order chi connectivity index (χ1) is 13.1. The van der Waals surface area contributed by atoms with Gasteiger partial charge in [-0.2, -0.15) is 0 Å². The summed E-state index contributed by atoms with van der Waals surface area (Å²) in [5.41, 5.74) is 2.47. The van der Waals surface area contributed by atoms with Gasteiger partial charge in [-0.15, -0.1) is 11.3 Å². The lowest BCUT2D eigenvalue weighted by atomic mass is 10.1. The van der Waals surface area contributed by atoms with Crippen LogP contribution in [0, 0.1) is 12.7 Å². The zero-order chi connectivity index (χ0) is 19.2. The van der Waals surface area contributed by atoms with Gasteiger partial charge in [-0.3, -0.25) is 4.79 Å². The van der Waals surface area contributed by atoms with Crippen LogP contribution in [0.2, 0.25) is 0 Å². The summed E-state index contributed by atoms with van der Waals surface area (Å²) in [6, 6.07) is 13.6. The molecule has 0 saturated carbocycles. The van der Waals surface area contributed by atoms with Crippen LogP contribution in [0.25, 0.3) is 0 Å². The van der Waals surface area contributed by atoms with Crippen LogP contribution >= 0.6 is 11.3 Å². The molecule has 0 saturated heterocycles. The van der Waals surface area contributed by atoms with E-state index in [0.717, 1.165) is 22.0 Å². The van der Waals surface area contributed by atoms with Crippen LogP contribution in [0.1, 0.15) is 22.7 Å². The number of carbonyl (C=O) groups excluding carboxylic acids is 1. The maximum Gasteiger partial charge on any atom is 0.227 e. The maximum atomic E-state index is 13.3. The van der Waals surface area contributed by atoms with Gasteiger partial charge in [0.1, 0.15) is 11.6 Å². The Balaban J connectivity index is 1.78. The summed E-state index contributed by atoms with van der Waals surface area (Å²) in [6.07, 6.45) is 0.886. The van der Waals surface area contributed by atoms with Crippen molar-refractivity contribution in [3.05, 3.63) is 76.0 Å². The Morgan fingerprint density at radius 3 is 2.59 bits per heavy atom. The first-order valence-electron chi connectivity index (χ1n) is 8.65. The molecule has 2 aromatic carbocycles. The van der Waals surface area contributed by atoms with Crippen molar-refractivity contribution in [3.63, 3.8) is 0 Å². The number of ether oxygens (including phenoxy) is 1. The predicted octanol–water partition coefficient (Wildman–Crippen LogP) is 4.77. The predicted molar refractivity (Wildman–Crippen MR) is 106 cm³/mol. The van der Waals surface area contributed by atoms with Crippen molar-refractivity contribution >= 4 is 22.9 Å². The van der Waals surface area contributed by atoms with Gasteiger partial charge in [0.2, 0.25) is 5.91 Å². The lowest BCUT2D eigenvalue weighted by Crippen LogP contribution is -2.30. The van der Waals surface area contributed by atoms with Crippen molar-refractivity contribution < 1.29 is 13.9 Å². The fourth-order valence-corrected chi connectivity index (χ4v) is 3.48. The summed E-state index contributed by atoms with van der Waals surface area (Å²) in [6.45, 7) is 2.29. The van der Waals surface area contributed by atoms with E-state index in [4.69, 9.17) is 4.74 Å². The average Bonchev–Trinajstić information content (AvgIpc) is 3.10. The van der Waals surface area contributed by atoms with Crippen LogP contribution in [-0.4, -0.2) is 18.0 Å². The van der Waals surface area contributed by atoms with Crippen LogP contribution in [0.3, 0.4) is 0 Å². The van der Waals surface area contributed by atoms with E-state index in [1.54, 1.807) is 35.5 Å². The molecule has 0 aliphatic heterocycles. The minimum absolute atomic E-state index is 0.0434. The third-order valence-electron chi connectivity index (χ3n) is 4.23. The number of rotatable bonds is 7. The largest absolute Gasteiger partial charge is 0.496 e. The molecule has 27 heavy (non-hydrogen) atoms. The van der Waals surface area contributed by atoms with E-state index in [-0.39, 0.29) is 11.7 Å². The molecule has 6 heteroatoms. The summed E-state index contributed by atoms with van der Waals surface area (Å²) in [4.78, 5) is 19.1. The Hall–Kier alpha value is -2.73. The number of thiazole rings is 1. The fraction of sp³-hybridized carbons (Fsp3) is 0.238. The molecule has 0 unspecified atom stereocenters. The highest BCUT2D eigenvalue weighted by Gasteiger charge is 2.18. The van der Waals surface area contributed by atoms with E-state index >= 15 is 0 Å². The molecule has 0 atom stereocenters. The number of hydrogen-bond donors (Lipinski definition) is 0. The molecule has 1 amide bonds. The Morgan fingerprint density at radius 1 is 1.19 bits per heavy atom. The Labute approximate surface area is 162 Å². The van der Waals surface area contributed by atoms with Crippen LogP contribution in [0.5, 0.6) is 5.75 Å². The number of anilines is 1. The molecule has 0 aliphatic rings. The quantitative estimate of drug-likeness (QED) is 0.589. The molecule has 0 radical (unpaired) electrons. The van der Waals surface area contributed by atoms with Gasteiger partial charge in [0.25, 0.3) is 0 Å². The second kappa shape index (κ2) is 8.77. The summed E-state index contributed by atoms with van der Waals surface area (Å²) in [5.74, 6) is 0.400. The minimum atomic E-state index is -0.329. The number of aromatic nitrogens is 1. The lowest BCUT2D eigenvalue weighted by Gasteiger charge is -2.22. The number of para-hydroxylation sites is 1. The molecule has 140 valence electrons. The van der Waals surface area contributed by atoms with E-state index < -0.39 is 0 Å². The van der Waals surface area contributed by atoms with Crippen molar-refractivity contribution in [2.24, 2.45) is 0 Å². The molecule has 3 aromatic rings. The van der Waals surface area contributed by atoms with Gasteiger partial charge in [-0.1, -0.05) is 18.2 Å². The van der Waals surface area contributed by atoms with Crippen molar-refractivity contribution in [3.8, 4) is 5.75 Å². The van der Waals surface area contributed by atoms with E-state index in [9.17, 15) is 9.18 Å². The van der Waals surface area contributed by atoms with Gasteiger partial charge in [-0.05, 0) is 49.2 Å². The SMILES string of the molecule is COc1ccccc1CCC(=O)N(Cc1csc(C)n1)c1ccc(F)cc1. The highest BCUT2D eigenvalue weighted by Crippen LogP contribution is 2.23. The molecular weight excluding hydrogens is 363 g/mol. The number of carbonyl (C=O) groups is 1. The summed E-state index contributed by atoms with van der Waals surface area (Å²) < 4.78 is 18.7. The molecule has 0 aliphatic carbocycles. The van der Waals surface area contributed by atoms with E-state index in [1.807, 2.05) is 36.6 Å². The van der Waals surface area contributed by atoms with Crippen LogP contribution in [0.15, 0.2) is 53.9 Å². The number of methoxy groups -OCH3 is 1. The van der Waals surface area contributed by atoms with Gasteiger partial charge in [0, 0.05) is 17.5 Å². The monoisotopic (exact) mass is 384 g/mol. The van der Waals surface area contributed by atoms with Gasteiger partial charge < -0.3 is 9.64 Å². The molecule has 3 rings (SSSR count). The highest BCUT2D eigenvalue weighted by molar-refractivity contribution is 7.09. The van der Waals surface area contributed by atoms with Gasteiger partial charge in [-0.25, -0.2) is 9.37 Å². The van der Waals surface area contributed by atoms with Crippen molar-refractivity contribution in [1.82, 2.24) is 4.98 Å². The number of nitrogens with zero attached hydrogens (tertiary/aromatic N) is 2. The van der Waals surface area contributed by atoms with Crippen molar-refractivity contribution in [1.29, 1.82) is 0 Å². The average molecular weight is 384 g/mol. The maximum absolute atomic E-state index is 13.3. The first-order valence-corrected chi connectivity index (χ1v) is 9.53. The number of amides is 1. The summed E-state index contributed by atoms with van der Waals surface area (Å²) in [7, 11) is 1.62. The molecule has 4 nitrogen and oxygen atoms in total. The number of halogens is 1. The molecule has 1 heterocycles. The van der Waals surface area contributed by atoms with E-state index in [0.29, 0.717) is 25.1 Å². The Morgan fingerprint density at radius 2 is 1.93 bits per heavy atom. The summed E-state index contributed by atoms with van der Waals surface area (Å²) >= 11 is 1.55. The highest BCUT2D eigenvalue weighted by atomic mass is 32.1. The zero-order valence-corrected chi connectivity index (χ0v) is 16.1. The number of benzene rings is 2. The first kappa shape index (κ1) is 19.0. The van der Waals surface area contributed by atoms with Gasteiger partial charge in [0.05, 0.1) is 24.4 Å². The third kappa shape index (κ3) is 4.92. The second-order valence-corrected chi connectivity index (χ2v) is 7.19. The normalized spacial score (nSPS) is 10.6. The summed E-state index contributed by atoms with van der Waals surface area (Å²) in [5, 5.41) is 2.89. The Kier molecular flexibility index (Phi) is 6.19. The van der Waals surface area contributed by atoms with Gasteiger partial charge >= 0.3 is 0 Å². The molecule has 0 bridgehead atoms. The standard InChI is InChI=1S/C21H21FN2O2S/c1-15-23-18(14-27-15)13-24(19-10-8-17(22)9-11-19)21(25)12-7-16-5-3-4-6-20(16)26-2/h3-6,8-11,14H,7,12-13H2,1-2H3. The van der Waals surface area contributed by atoms with Crippen molar-refractivity contribution in [2.75, 3.05) is 12.0 Å². The van der Waals surface area contributed by atoms with Crippen LogP contribution in [-0.2, 0) is 17.8 Å². The zero-order valence-electron chi connectivity index (χ0n) is 15.3. The van der Waals surface area contributed by atoms with Gasteiger partial charge in [0.15, 0.2) is 0 Å². The molecule has 1 aromatic heterocycles. The smallest absolute Gasteiger partial charge is 0.227 e. The van der Waals surface area contributed by atoms with Crippen LogP contribution < -0.4 is 9.64 Å². The van der Waals surface area contributed by atoms with E-state index in [1.165, 1.54) is 12.1 Å². The third-order valence-corrected chi connectivity index (χ3v) is 5.05.